The molecule has 124 valence electrons. The minimum Gasteiger partial charge on any atom is -0.206 e. The van der Waals surface area contributed by atoms with Gasteiger partial charge in [-0.25, -0.2) is 8.42 Å². The SMILES string of the molecule is Cc1ccc(S(=O)(=O)N2CCS[C@@H](c3ccccc3C)CC2)s1. The Morgan fingerprint density at radius 2 is 1.87 bits per heavy atom. The van der Waals surface area contributed by atoms with Crippen LogP contribution in [-0.2, 0) is 10.0 Å². The summed E-state index contributed by atoms with van der Waals surface area (Å²) in [7, 11) is -3.34. The first-order valence-corrected chi connectivity index (χ1v) is 11.0. The summed E-state index contributed by atoms with van der Waals surface area (Å²) >= 11 is 3.23. The van der Waals surface area contributed by atoms with E-state index in [2.05, 4.69) is 31.2 Å². The standard InChI is InChI=1S/C17H21NO2S3/c1-13-5-3-4-6-15(13)16-9-10-18(11-12-21-16)23(19,20)17-8-7-14(2)22-17/h3-8,16H,9-12H2,1-2H3/t16-/m1/s1. The predicted molar refractivity (Wildman–Crippen MR) is 98.8 cm³/mol. The van der Waals surface area contributed by atoms with Crippen LogP contribution in [0.15, 0.2) is 40.6 Å². The summed E-state index contributed by atoms with van der Waals surface area (Å²) in [4.78, 5) is 1.03. The van der Waals surface area contributed by atoms with E-state index in [0.717, 1.165) is 17.1 Å². The maximum absolute atomic E-state index is 12.8. The number of nitrogens with zero attached hydrogens (tertiary/aromatic N) is 1. The summed E-state index contributed by atoms with van der Waals surface area (Å²) in [5.74, 6) is 0.836. The quantitative estimate of drug-likeness (QED) is 0.814. The third kappa shape index (κ3) is 3.65. The summed E-state index contributed by atoms with van der Waals surface area (Å²) in [6, 6.07) is 12.0. The molecule has 23 heavy (non-hydrogen) atoms. The molecule has 1 aromatic carbocycles. The van der Waals surface area contributed by atoms with Gasteiger partial charge in [-0.2, -0.15) is 16.1 Å². The number of aryl methyl sites for hydroxylation is 2. The average molecular weight is 368 g/mol. The number of hydrogen-bond acceptors (Lipinski definition) is 4. The molecule has 1 aromatic heterocycles. The number of benzene rings is 1. The number of thioether (sulfide) groups is 1. The van der Waals surface area contributed by atoms with E-state index in [1.807, 2.05) is 24.8 Å². The third-order valence-corrected chi connectivity index (χ3v) is 8.82. The average Bonchev–Trinajstić information content (AvgIpc) is 2.82. The van der Waals surface area contributed by atoms with Gasteiger partial charge in [-0.3, -0.25) is 0 Å². The molecule has 1 atom stereocenters. The molecule has 3 nitrogen and oxygen atoms in total. The normalized spacial score (nSPS) is 20.3. The van der Waals surface area contributed by atoms with E-state index < -0.39 is 10.0 Å². The molecule has 1 aliphatic rings. The Bertz CT molecular complexity index is 783. The van der Waals surface area contributed by atoms with Crippen molar-refractivity contribution in [2.75, 3.05) is 18.8 Å². The Balaban J connectivity index is 1.78. The van der Waals surface area contributed by atoms with Crippen LogP contribution in [0.3, 0.4) is 0 Å². The maximum atomic E-state index is 12.8. The molecule has 2 heterocycles. The molecule has 1 aliphatic heterocycles. The van der Waals surface area contributed by atoms with Gasteiger partial charge in [0.1, 0.15) is 4.21 Å². The third-order valence-electron chi connectivity index (χ3n) is 4.15. The summed E-state index contributed by atoms with van der Waals surface area (Å²) in [5, 5.41) is 0.376. The second-order valence-electron chi connectivity index (χ2n) is 5.77. The van der Waals surface area contributed by atoms with Crippen LogP contribution in [0.25, 0.3) is 0 Å². The summed E-state index contributed by atoms with van der Waals surface area (Å²) < 4.78 is 27.7. The fourth-order valence-corrected chi connectivity index (χ4v) is 7.20. The van der Waals surface area contributed by atoms with Crippen molar-refractivity contribution in [3.8, 4) is 0 Å². The Labute approximate surface area is 146 Å². The van der Waals surface area contributed by atoms with Crippen molar-refractivity contribution in [2.45, 2.75) is 29.7 Å². The van der Waals surface area contributed by atoms with E-state index in [0.29, 0.717) is 22.5 Å². The van der Waals surface area contributed by atoms with Crippen molar-refractivity contribution in [2.24, 2.45) is 0 Å². The van der Waals surface area contributed by atoms with E-state index in [1.54, 1.807) is 10.4 Å². The summed E-state index contributed by atoms with van der Waals surface area (Å²) in [6.45, 7) is 5.25. The van der Waals surface area contributed by atoms with Gasteiger partial charge < -0.3 is 0 Å². The van der Waals surface area contributed by atoms with Crippen molar-refractivity contribution in [1.29, 1.82) is 0 Å². The van der Waals surface area contributed by atoms with E-state index in [4.69, 9.17) is 0 Å². The van der Waals surface area contributed by atoms with E-state index in [-0.39, 0.29) is 0 Å². The van der Waals surface area contributed by atoms with Gasteiger partial charge in [-0.15, -0.1) is 11.3 Å². The lowest BCUT2D eigenvalue weighted by Crippen LogP contribution is -2.32. The van der Waals surface area contributed by atoms with Crippen LogP contribution < -0.4 is 0 Å². The lowest BCUT2D eigenvalue weighted by atomic mass is 10.0. The van der Waals surface area contributed by atoms with E-state index in [9.17, 15) is 8.42 Å². The van der Waals surface area contributed by atoms with Crippen molar-refractivity contribution in [3.63, 3.8) is 0 Å². The fourth-order valence-electron chi connectivity index (χ4n) is 2.86. The van der Waals surface area contributed by atoms with Gasteiger partial charge in [-0.05, 0) is 43.5 Å². The monoisotopic (exact) mass is 367 g/mol. The van der Waals surface area contributed by atoms with E-state index in [1.165, 1.54) is 22.5 Å². The molecule has 0 radical (unpaired) electrons. The number of sulfonamides is 1. The van der Waals surface area contributed by atoms with Gasteiger partial charge in [-0.1, -0.05) is 24.3 Å². The first-order chi connectivity index (χ1) is 11.0. The molecule has 1 fully saturated rings. The van der Waals surface area contributed by atoms with Gasteiger partial charge in [0, 0.05) is 29.0 Å². The summed E-state index contributed by atoms with van der Waals surface area (Å²) in [5.41, 5.74) is 2.62. The zero-order valence-corrected chi connectivity index (χ0v) is 15.8. The van der Waals surface area contributed by atoms with Crippen molar-refractivity contribution in [3.05, 3.63) is 52.4 Å². The van der Waals surface area contributed by atoms with Crippen LogP contribution >= 0.6 is 23.1 Å². The molecule has 6 heteroatoms. The molecule has 0 spiro atoms. The lowest BCUT2D eigenvalue weighted by Gasteiger charge is -2.19. The zero-order valence-electron chi connectivity index (χ0n) is 13.4. The molecule has 0 bridgehead atoms. The topological polar surface area (TPSA) is 37.4 Å². The molecule has 1 saturated heterocycles. The Morgan fingerprint density at radius 1 is 1.09 bits per heavy atom. The van der Waals surface area contributed by atoms with Gasteiger partial charge in [0.25, 0.3) is 10.0 Å². The molecule has 2 aromatic rings. The lowest BCUT2D eigenvalue weighted by molar-refractivity contribution is 0.429. The highest BCUT2D eigenvalue weighted by atomic mass is 32.2. The summed E-state index contributed by atoms with van der Waals surface area (Å²) in [6.07, 6.45) is 0.860. The van der Waals surface area contributed by atoms with Crippen LogP contribution in [-0.4, -0.2) is 31.6 Å². The second-order valence-corrected chi connectivity index (χ2v) is 10.5. The first-order valence-electron chi connectivity index (χ1n) is 7.72. The molecule has 0 N–H and O–H groups in total. The number of thiophene rings is 1. The molecule has 0 saturated carbocycles. The molecule has 0 amide bonds. The number of hydrogen-bond donors (Lipinski definition) is 0. The highest BCUT2D eigenvalue weighted by Crippen LogP contribution is 2.37. The van der Waals surface area contributed by atoms with Gasteiger partial charge in [0.15, 0.2) is 0 Å². The van der Waals surface area contributed by atoms with Gasteiger partial charge in [0.2, 0.25) is 0 Å². The highest BCUT2D eigenvalue weighted by molar-refractivity contribution is 7.99. The molecular weight excluding hydrogens is 346 g/mol. The second kappa shape index (κ2) is 6.97. The minimum atomic E-state index is -3.34. The van der Waals surface area contributed by atoms with Gasteiger partial charge in [0.05, 0.1) is 0 Å². The molecule has 3 rings (SSSR count). The maximum Gasteiger partial charge on any atom is 0.252 e. The van der Waals surface area contributed by atoms with Crippen molar-refractivity contribution < 1.29 is 8.42 Å². The van der Waals surface area contributed by atoms with Crippen molar-refractivity contribution >= 4 is 33.1 Å². The number of rotatable bonds is 3. The van der Waals surface area contributed by atoms with Crippen LogP contribution in [0.4, 0.5) is 0 Å². The first kappa shape index (κ1) is 17.0. The van der Waals surface area contributed by atoms with Gasteiger partial charge >= 0.3 is 0 Å². The van der Waals surface area contributed by atoms with Crippen molar-refractivity contribution in [1.82, 2.24) is 4.31 Å². The molecule has 0 aliphatic carbocycles. The largest absolute Gasteiger partial charge is 0.252 e. The predicted octanol–water partition coefficient (Wildman–Crippen LogP) is 4.23. The molecular formula is C17H21NO2S3. The van der Waals surface area contributed by atoms with Crippen LogP contribution in [0, 0.1) is 13.8 Å². The zero-order chi connectivity index (χ0) is 16.4. The Morgan fingerprint density at radius 3 is 2.57 bits per heavy atom. The molecule has 0 unspecified atom stereocenters. The Kier molecular flexibility index (Phi) is 5.16. The van der Waals surface area contributed by atoms with E-state index >= 15 is 0 Å². The van der Waals surface area contributed by atoms with Crippen LogP contribution in [0.1, 0.15) is 27.7 Å². The van der Waals surface area contributed by atoms with Crippen LogP contribution in [0.2, 0.25) is 0 Å². The smallest absolute Gasteiger partial charge is 0.206 e. The Hall–Kier alpha value is -0.820. The highest BCUT2D eigenvalue weighted by Gasteiger charge is 2.29. The van der Waals surface area contributed by atoms with Crippen LogP contribution in [0.5, 0.6) is 0 Å². The minimum absolute atomic E-state index is 0.376. The fraction of sp³-hybridized carbons (Fsp3) is 0.412.